The van der Waals surface area contributed by atoms with Crippen molar-refractivity contribution in [3.05, 3.63) is 81.8 Å². The first kappa shape index (κ1) is 19.7. The number of nitrogens with zero attached hydrogens (tertiary/aromatic N) is 2. The van der Waals surface area contributed by atoms with Gasteiger partial charge in [0.15, 0.2) is 0 Å². The first-order chi connectivity index (χ1) is 15.1. The number of nitrogens with one attached hydrogen (secondary N) is 3. The van der Waals surface area contributed by atoms with Crippen LogP contribution in [-0.4, -0.2) is 33.3 Å². The number of aromatic amines is 2. The molecular formula is C25H25N5S. The topological polar surface area (TPSA) is 69.4 Å². The molecule has 4 aromatic heterocycles. The van der Waals surface area contributed by atoms with Crippen molar-refractivity contribution in [2.75, 3.05) is 13.1 Å². The van der Waals surface area contributed by atoms with Gasteiger partial charge in [0.05, 0.1) is 16.9 Å². The minimum absolute atomic E-state index is 0.848. The van der Waals surface area contributed by atoms with Crippen molar-refractivity contribution in [2.45, 2.75) is 20.3 Å². The summed E-state index contributed by atoms with van der Waals surface area (Å²) >= 11 is 1.79. The molecule has 0 bridgehead atoms. The summed E-state index contributed by atoms with van der Waals surface area (Å²) in [6, 6.07) is 10.7. The molecule has 31 heavy (non-hydrogen) atoms. The highest BCUT2D eigenvalue weighted by molar-refractivity contribution is 7.13. The first-order valence-corrected chi connectivity index (χ1v) is 11.3. The summed E-state index contributed by atoms with van der Waals surface area (Å²) in [4.78, 5) is 11.0. The Morgan fingerprint density at radius 3 is 2.84 bits per heavy atom. The molecule has 3 N–H and O–H groups in total. The summed E-state index contributed by atoms with van der Waals surface area (Å²) < 4.78 is 0. The standard InChI is InChI=1S/C25H25N5S/c1-4-5-18(23-9-6-15(2)31-23)19-14-22(27-16(19)3)25-24-21(29-30-25)8-7-20(28-24)17-10-12-26-13-11-17/h4-10,14,26-27H,1,11-13H2,2-3H3,(H,29,30)/b18-5+. The van der Waals surface area contributed by atoms with Gasteiger partial charge in [0, 0.05) is 33.1 Å². The Morgan fingerprint density at radius 1 is 1.19 bits per heavy atom. The van der Waals surface area contributed by atoms with Crippen LogP contribution >= 0.6 is 11.3 Å². The van der Waals surface area contributed by atoms with Crippen molar-refractivity contribution < 1.29 is 0 Å². The second-order valence-corrected chi connectivity index (χ2v) is 9.08. The SMILES string of the molecule is C=C/C=C(/c1ccc(C)s1)c1cc(-c2n[nH]c3ccc(C4=CCNCC4)nc23)[nH]c1C. The summed E-state index contributed by atoms with van der Waals surface area (Å²) in [5, 5.41) is 11.1. The monoisotopic (exact) mass is 427 g/mol. The van der Waals surface area contributed by atoms with E-state index >= 15 is 0 Å². The third-order valence-corrected chi connectivity index (χ3v) is 6.69. The maximum atomic E-state index is 4.98. The Balaban J connectivity index is 1.59. The Bertz CT molecular complexity index is 1330. The van der Waals surface area contributed by atoms with Gasteiger partial charge in [-0.3, -0.25) is 5.10 Å². The van der Waals surface area contributed by atoms with E-state index in [2.05, 4.69) is 83.4 Å². The molecule has 5 nitrogen and oxygen atoms in total. The molecule has 1 aliphatic rings. The minimum atomic E-state index is 0.848. The smallest absolute Gasteiger partial charge is 0.135 e. The lowest BCUT2D eigenvalue weighted by atomic mass is 10.0. The molecule has 0 atom stereocenters. The highest BCUT2D eigenvalue weighted by atomic mass is 32.1. The van der Waals surface area contributed by atoms with Gasteiger partial charge in [0.25, 0.3) is 0 Å². The van der Waals surface area contributed by atoms with Gasteiger partial charge in [-0.25, -0.2) is 4.98 Å². The zero-order valence-electron chi connectivity index (χ0n) is 17.7. The number of rotatable bonds is 5. The van der Waals surface area contributed by atoms with Gasteiger partial charge in [-0.2, -0.15) is 5.10 Å². The van der Waals surface area contributed by atoms with Gasteiger partial charge in [0.1, 0.15) is 11.2 Å². The van der Waals surface area contributed by atoms with Crippen LogP contribution in [0, 0.1) is 13.8 Å². The molecule has 1 aliphatic heterocycles. The zero-order chi connectivity index (χ0) is 21.4. The molecular weight excluding hydrogens is 402 g/mol. The fourth-order valence-corrected chi connectivity index (χ4v) is 4.99. The van der Waals surface area contributed by atoms with Crippen molar-refractivity contribution >= 4 is 33.5 Å². The van der Waals surface area contributed by atoms with Gasteiger partial charge in [-0.15, -0.1) is 11.3 Å². The van der Waals surface area contributed by atoms with Gasteiger partial charge < -0.3 is 10.3 Å². The maximum absolute atomic E-state index is 4.98. The third-order valence-electron chi connectivity index (χ3n) is 5.65. The van der Waals surface area contributed by atoms with E-state index < -0.39 is 0 Å². The fourth-order valence-electron chi connectivity index (χ4n) is 4.09. The van der Waals surface area contributed by atoms with Crippen LogP contribution in [0.5, 0.6) is 0 Å². The molecule has 0 aromatic carbocycles. The molecule has 5 heterocycles. The Morgan fingerprint density at radius 2 is 2.10 bits per heavy atom. The number of pyridine rings is 1. The fraction of sp³-hybridized carbons (Fsp3) is 0.200. The quantitative estimate of drug-likeness (QED) is 0.362. The van der Waals surface area contributed by atoms with Crippen molar-refractivity contribution in [1.29, 1.82) is 0 Å². The second-order valence-electron chi connectivity index (χ2n) is 7.80. The molecule has 0 radical (unpaired) electrons. The average Bonchev–Trinajstić information content (AvgIpc) is 3.50. The van der Waals surface area contributed by atoms with Crippen molar-refractivity contribution in [1.82, 2.24) is 25.5 Å². The maximum Gasteiger partial charge on any atom is 0.135 e. The van der Waals surface area contributed by atoms with E-state index in [9.17, 15) is 0 Å². The summed E-state index contributed by atoms with van der Waals surface area (Å²) in [5.74, 6) is 0. The van der Waals surface area contributed by atoms with E-state index in [4.69, 9.17) is 4.98 Å². The summed E-state index contributed by atoms with van der Waals surface area (Å²) in [7, 11) is 0. The van der Waals surface area contributed by atoms with E-state index in [1.807, 2.05) is 6.08 Å². The Hall–Kier alpha value is -3.22. The largest absolute Gasteiger partial charge is 0.357 e. The van der Waals surface area contributed by atoms with Crippen LogP contribution < -0.4 is 5.32 Å². The molecule has 4 aromatic rings. The van der Waals surface area contributed by atoms with Crippen LogP contribution in [0.1, 0.15) is 33.1 Å². The first-order valence-electron chi connectivity index (χ1n) is 10.5. The summed E-state index contributed by atoms with van der Waals surface area (Å²) in [6.45, 7) is 10.0. The van der Waals surface area contributed by atoms with Crippen molar-refractivity contribution in [3.63, 3.8) is 0 Å². The minimum Gasteiger partial charge on any atom is -0.357 e. The van der Waals surface area contributed by atoms with E-state index in [-0.39, 0.29) is 0 Å². The summed E-state index contributed by atoms with van der Waals surface area (Å²) in [6.07, 6.45) is 7.14. The van der Waals surface area contributed by atoms with Gasteiger partial charge in [0.2, 0.25) is 0 Å². The lowest BCUT2D eigenvalue weighted by molar-refractivity contribution is 0.737. The predicted molar refractivity (Wildman–Crippen MR) is 130 cm³/mol. The zero-order valence-corrected chi connectivity index (χ0v) is 18.6. The van der Waals surface area contributed by atoms with Crippen LogP contribution in [0.4, 0.5) is 0 Å². The summed E-state index contributed by atoms with van der Waals surface area (Å²) in [5.41, 5.74) is 9.40. The number of thiophene rings is 1. The molecule has 0 saturated heterocycles. The molecule has 0 fully saturated rings. The molecule has 0 unspecified atom stereocenters. The van der Waals surface area contributed by atoms with Crippen LogP contribution in [0.15, 0.2) is 55.1 Å². The molecule has 0 amide bonds. The van der Waals surface area contributed by atoms with Crippen molar-refractivity contribution in [2.24, 2.45) is 0 Å². The predicted octanol–water partition coefficient (Wildman–Crippen LogP) is 5.63. The van der Waals surface area contributed by atoms with E-state index in [0.717, 1.165) is 58.9 Å². The number of aryl methyl sites for hydroxylation is 2. The lowest BCUT2D eigenvalue weighted by Crippen LogP contribution is -2.20. The van der Waals surface area contributed by atoms with Gasteiger partial charge in [-0.05, 0) is 62.7 Å². The van der Waals surface area contributed by atoms with E-state index in [1.54, 1.807) is 11.3 Å². The number of allylic oxidation sites excluding steroid dienone is 2. The molecule has 5 rings (SSSR count). The normalized spacial score (nSPS) is 14.8. The third kappa shape index (κ3) is 3.69. The number of fused-ring (bicyclic) bond motifs is 1. The number of hydrogen-bond donors (Lipinski definition) is 3. The molecule has 6 heteroatoms. The van der Waals surface area contributed by atoms with E-state index in [0.29, 0.717) is 0 Å². The molecule has 0 aliphatic carbocycles. The van der Waals surface area contributed by atoms with Crippen LogP contribution in [0.3, 0.4) is 0 Å². The molecule has 0 spiro atoms. The molecule has 0 saturated carbocycles. The second kappa shape index (κ2) is 8.13. The van der Waals surface area contributed by atoms with Gasteiger partial charge in [-0.1, -0.05) is 24.8 Å². The Labute approximate surface area is 185 Å². The average molecular weight is 428 g/mol. The van der Waals surface area contributed by atoms with Crippen molar-refractivity contribution in [3.8, 4) is 11.4 Å². The number of H-pyrrole nitrogens is 2. The van der Waals surface area contributed by atoms with Crippen LogP contribution in [0.2, 0.25) is 0 Å². The van der Waals surface area contributed by atoms with E-state index in [1.165, 1.54) is 20.9 Å². The Kier molecular flexibility index (Phi) is 5.18. The number of hydrogen-bond acceptors (Lipinski definition) is 4. The highest BCUT2D eigenvalue weighted by Gasteiger charge is 2.18. The molecule has 156 valence electrons. The van der Waals surface area contributed by atoms with Gasteiger partial charge >= 0.3 is 0 Å². The number of aromatic nitrogens is 4. The van der Waals surface area contributed by atoms with Crippen LogP contribution in [0.25, 0.3) is 33.6 Å². The van der Waals surface area contributed by atoms with Crippen LogP contribution in [-0.2, 0) is 0 Å². The highest BCUT2D eigenvalue weighted by Crippen LogP contribution is 2.35. The lowest BCUT2D eigenvalue weighted by Gasteiger charge is -2.13.